The standard InChI is InChI=1S/C18H14ClN5O2S/c1-2-9-24-16(14-8-5-10-25-14)21-23-18(24)27-11-15-20-22-17(26-15)12-6-3-4-7-13(12)19/h2-8,10H,1,9,11H2. The van der Waals surface area contributed by atoms with Crippen LogP contribution in [0, 0.1) is 0 Å². The first kappa shape index (κ1) is 17.6. The molecule has 136 valence electrons. The van der Waals surface area contributed by atoms with E-state index in [0.29, 0.717) is 51.4 Å². The second-order valence-electron chi connectivity index (χ2n) is 5.45. The van der Waals surface area contributed by atoms with Crippen LogP contribution in [0.1, 0.15) is 5.89 Å². The number of thioether (sulfide) groups is 1. The molecule has 7 nitrogen and oxygen atoms in total. The third-order valence-electron chi connectivity index (χ3n) is 3.67. The highest BCUT2D eigenvalue weighted by molar-refractivity contribution is 7.98. The Morgan fingerprint density at radius 1 is 1.11 bits per heavy atom. The van der Waals surface area contributed by atoms with Gasteiger partial charge in [-0.25, -0.2) is 0 Å². The zero-order valence-electron chi connectivity index (χ0n) is 14.1. The number of allylic oxidation sites excluding steroid dienone is 1. The fraction of sp³-hybridized carbons (Fsp3) is 0.111. The SMILES string of the molecule is C=CCn1c(SCc2nnc(-c3ccccc3Cl)o2)nnc1-c1ccco1. The van der Waals surface area contributed by atoms with Crippen molar-refractivity contribution in [3.05, 3.63) is 66.2 Å². The third kappa shape index (κ3) is 3.67. The summed E-state index contributed by atoms with van der Waals surface area (Å²) in [5, 5.41) is 17.9. The number of nitrogens with zero attached hydrogens (tertiary/aromatic N) is 5. The quantitative estimate of drug-likeness (QED) is 0.328. The minimum atomic E-state index is 0.389. The van der Waals surface area contributed by atoms with Gasteiger partial charge in [-0.15, -0.1) is 27.0 Å². The second-order valence-corrected chi connectivity index (χ2v) is 6.80. The van der Waals surface area contributed by atoms with Gasteiger partial charge in [0.2, 0.25) is 17.6 Å². The lowest BCUT2D eigenvalue weighted by atomic mass is 10.2. The Hall–Kier alpha value is -2.84. The van der Waals surface area contributed by atoms with Gasteiger partial charge in [0.05, 0.1) is 22.6 Å². The van der Waals surface area contributed by atoms with Gasteiger partial charge in [0.15, 0.2) is 10.9 Å². The Morgan fingerprint density at radius 2 is 2.00 bits per heavy atom. The molecule has 1 aromatic carbocycles. The van der Waals surface area contributed by atoms with Crippen molar-refractivity contribution in [1.82, 2.24) is 25.0 Å². The number of halogens is 1. The summed E-state index contributed by atoms with van der Waals surface area (Å²) in [6.45, 7) is 4.35. The molecule has 3 aromatic heterocycles. The molecular weight excluding hydrogens is 386 g/mol. The molecule has 4 aromatic rings. The van der Waals surface area contributed by atoms with Crippen LogP contribution < -0.4 is 0 Å². The van der Waals surface area contributed by atoms with E-state index in [1.54, 1.807) is 18.4 Å². The molecule has 0 fully saturated rings. The summed E-state index contributed by atoms with van der Waals surface area (Å²) in [6.07, 6.45) is 3.38. The molecule has 0 bridgehead atoms. The Balaban J connectivity index is 1.53. The van der Waals surface area contributed by atoms with Crippen molar-refractivity contribution >= 4 is 23.4 Å². The van der Waals surface area contributed by atoms with Gasteiger partial charge in [-0.1, -0.05) is 41.6 Å². The fourth-order valence-electron chi connectivity index (χ4n) is 2.46. The van der Waals surface area contributed by atoms with Gasteiger partial charge >= 0.3 is 0 Å². The van der Waals surface area contributed by atoms with Crippen molar-refractivity contribution in [1.29, 1.82) is 0 Å². The second kappa shape index (κ2) is 7.81. The molecule has 0 spiro atoms. The average molecular weight is 400 g/mol. The van der Waals surface area contributed by atoms with E-state index in [1.165, 1.54) is 11.8 Å². The molecule has 0 N–H and O–H groups in total. The van der Waals surface area contributed by atoms with Crippen LogP contribution in [-0.4, -0.2) is 25.0 Å². The van der Waals surface area contributed by atoms with Gasteiger partial charge < -0.3 is 8.83 Å². The van der Waals surface area contributed by atoms with Crippen LogP contribution in [0.2, 0.25) is 5.02 Å². The first-order chi connectivity index (χ1) is 13.3. The van der Waals surface area contributed by atoms with Crippen molar-refractivity contribution in [3.63, 3.8) is 0 Å². The van der Waals surface area contributed by atoms with E-state index in [2.05, 4.69) is 27.0 Å². The van der Waals surface area contributed by atoms with E-state index in [0.717, 1.165) is 0 Å². The number of hydrogen-bond acceptors (Lipinski definition) is 7. The number of benzene rings is 1. The predicted octanol–water partition coefficient (Wildman–Crippen LogP) is 4.72. The molecule has 0 saturated carbocycles. The zero-order valence-corrected chi connectivity index (χ0v) is 15.7. The lowest BCUT2D eigenvalue weighted by Gasteiger charge is -2.04. The Morgan fingerprint density at radius 3 is 2.78 bits per heavy atom. The molecule has 0 saturated heterocycles. The molecule has 0 aliphatic rings. The van der Waals surface area contributed by atoms with Gasteiger partial charge in [-0.2, -0.15) is 0 Å². The van der Waals surface area contributed by atoms with Crippen LogP contribution in [0.15, 0.2) is 69.3 Å². The number of aromatic nitrogens is 5. The van der Waals surface area contributed by atoms with Gasteiger partial charge in [0, 0.05) is 6.54 Å². The van der Waals surface area contributed by atoms with Crippen molar-refractivity contribution < 1.29 is 8.83 Å². The van der Waals surface area contributed by atoms with Crippen LogP contribution in [-0.2, 0) is 12.3 Å². The van der Waals surface area contributed by atoms with E-state index in [1.807, 2.05) is 34.9 Å². The van der Waals surface area contributed by atoms with E-state index in [4.69, 9.17) is 20.4 Å². The summed E-state index contributed by atoms with van der Waals surface area (Å²) in [7, 11) is 0. The zero-order chi connectivity index (χ0) is 18.6. The molecule has 4 rings (SSSR count). The molecule has 0 aliphatic heterocycles. The summed E-state index contributed by atoms with van der Waals surface area (Å²) in [5.41, 5.74) is 0.706. The molecule has 0 unspecified atom stereocenters. The maximum atomic E-state index is 6.18. The average Bonchev–Trinajstić information content (AvgIpc) is 3.42. The summed E-state index contributed by atoms with van der Waals surface area (Å²) in [5.74, 6) is 2.60. The molecule has 0 amide bonds. The summed E-state index contributed by atoms with van der Waals surface area (Å²) in [4.78, 5) is 0. The van der Waals surface area contributed by atoms with Gasteiger partial charge in [-0.05, 0) is 24.3 Å². The van der Waals surface area contributed by atoms with E-state index >= 15 is 0 Å². The summed E-state index contributed by atoms with van der Waals surface area (Å²) < 4.78 is 13.1. The molecule has 0 aliphatic carbocycles. The summed E-state index contributed by atoms with van der Waals surface area (Å²) >= 11 is 7.62. The maximum Gasteiger partial charge on any atom is 0.249 e. The Bertz CT molecular complexity index is 1060. The number of hydrogen-bond donors (Lipinski definition) is 0. The van der Waals surface area contributed by atoms with Crippen LogP contribution in [0.25, 0.3) is 23.0 Å². The van der Waals surface area contributed by atoms with Gasteiger partial charge in [0.25, 0.3) is 0 Å². The molecule has 0 radical (unpaired) electrons. The van der Waals surface area contributed by atoms with Crippen molar-refractivity contribution in [2.24, 2.45) is 0 Å². The molecule has 9 heteroatoms. The van der Waals surface area contributed by atoms with Gasteiger partial charge in [0.1, 0.15) is 0 Å². The van der Waals surface area contributed by atoms with Crippen LogP contribution in [0.5, 0.6) is 0 Å². The predicted molar refractivity (Wildman–Crippen MR) is 102 cm³/mol. The summed E-state index contributed by atoms with van der Waals surface area (Å²) in [6, 6.07) is 11.0. The topological polar surface area (TPSA) is 82.8 Å². The largest absolute Gasteiger partial charge is 0.461 e. The third-order valence-corrected chi connectivity index (χ3v) is 4.95. The lowest BCUT2D eigenvalue weighted by molar-refractivity contribution is 0.528. The van der Waals surface area contributed by atoms with Crippen LogP contribution in [0.3, 0.4) is 0 Å². The molecule has 0 atom stereocenters. The monoisotopic (exact) mass is 399 g/mol. The highest BCUT2D eigenvalue weighted by Gasteiger charge is 2.17. The van der Waals surface area contributed by atoms with Crippen molar-refractivity contribution in [3.8, 4) is 23.0 Å². The Kier molecular flexibility index (Phi) is 5.08. The maximum absolute atomic E-state index is 6.18. The molecule has 3 heterocycles. The molecule has 27 heavy (non-hydrogen) atoms. The smallest absolute Gasteiger partial charge is 0.249 e. The fourth-order valence-corrected chi connectivity index (χ4v) is 3.46. The van der Waals surface area contributed by atoms with E-state index in [9.17, 15) is 0 Å². The van der Waals surface area contributed by atoms with Gasteiger partial charge in [-0.3, -0.25) is 4.57 Å². The Labute approximate surface area is 164 Å². The minimum Gasteiger partial charge on any atom is -0.461 e. The van der Waals surface area contributed by atoms with Crippen LogP contribution in [0.4, 0.5) is 0 Å². The first-order valence-corrected chi connectivity index (χ1v) is 9.40. The highest BCUT2D eigenvalue weighted by Crippen LogP contribution is 2.29. The lowest BCUT2D eigenvalue weighted by Crippen LogP contribution is -2.00. The molecular formula is C18H14ClN5O2S. The highest BCUT2D eigenvalue weighted by atomic mass is 35.5. The minimum absolute atomic E-state index is 0.389. The normalized spacial score (nSPS) is 11.0. The number of furan rings is 1. The first-order valence-electron chi connectivity index (χ1n) is 8.04. The van der Waals surface area contributed by atoms with Crippen LogP contribution >= 0.6 is 23.4 Å². The van der Waals surface area contributed by atoms with E-state index < -0.39 is 0 Å². The van der Waals surface area contributed by atoms with Crippen molar-refractivity contribution in [2.75, 3.05) is 0 Å². The van der Waals surface area contributed by atoms with Crippen molar-refractivity contribution in [2.45, 2.75) is 17.5 Å². The van der Waals surface area contributed by atoms with E-state index in [-0.39, 0.29) is 0 Å². The number of rotatable bonds is 7.